The number of benzene rings is 2. The van der Waals surface area contributed by atoms with Gasteiger partial charge in [0.2, 0.25) is 5.88 Å². The Morgan fingerprint density at radius 3 is 2.79 bits per heavy atom. The molecule has 2 N–H and O–H groups in total. The first kappa shape index (κ1) is 17.8. The molecule has 1 aliphatic heterocycles. The Bertz CT molecular complexity index is 1130. The van der Waals surface area contributed by atoms with Crippen molar-refractivity contribution in [3.63, 3.8) is 0 Å². The van der Waals surface area contributed by atoms with Crippen molar-refractivity contribution in [1.29, 1.82) is 5.26 Å². The molecule has 2 aromatic carbocycles. The minimum Gasteiger partial charge on any atom is -0.440 e. The monoisotopic (exact) mass is 392 g/mol. The third-order valence-electron chi connectivity index (χ3n) is 4.31. The van der Waals surface area contributed by atoms with E-state index >= 15 is 0 Å². The van der Waals surface area contributed by atoms with E-state index in [-0.39, 0.29) is 17.2 Å². The highest BCUT2D eigenvalue weighted by Gasteiger charge is 2.31. The lowest BCUT2D eigenvalue weighted by atomic mass is 9.83. The van der Waals surface area contributed by atoms with Crippen molar-refractivity contribution < 1.29 is 18.7 Å². The SMILES string of the molecule is N#CC1=C(N)Oc2cc(OC(=O)c3cccs3)ccc2C1c1cccc(F)c1. The highest BCUT2D eigenvalue weighted by molar-refractivity contribution is 7.12. The van der Waals surface area contributed by atoms with Crippen molar-refractivity contribution in [3.05, 3.63) is 93.3 Å². The van der Waals surface area contributed by atoms with Crippen LogP contribution in [0.4, 0.5) is 4.39 Å². The lowest BCUT2D eigenvalue weighted by Gasteiger charge is -2.26. The molecule has 28 heavy (non-hydrogen) atoms. The average molecular weight is 392 g/mol. The van der Waals surface area contributed by atoms with Crippen molar-refractivity contribution in [2.75, 3.05) is 0 Å². The highest BCUT2D eigenvalue weighted by atomic mass is 32.1. The van der Waals surface area contributed by atoms with Gasteiger partial charge in [0.1, 0.15) is 33.8 Å². The first-order valence-electron chi connectivity index (χ1n) is 8.29. The number of esters is 1. The molecule has 0 saturated carbocycles. The molecule has 1 atom stereocenters. The highest BCUT2D eigenvalue weighted by Crippen LogP contribution is 2.43. The molecular formula is C21H13FN2O3S. The van der Waals surface area contributed by atoms with Gasteiger partial charge in [-0.3, -0.25) is 0 Å². The van der Waals surface area contributed by atoms with Crippen molar-refractivity contribution in [3.8, 4) is 17.6 Å². The van der Waals surface area contributed by atoms with Crippen LogP contribution in [-0.4, -0.2) is 5.97 Å². The summed E-state index contributed by atoms with van der Waals surface area (Å²) in [6, 6.07) is 16.3. The van der Waals surface area contributed by atoms with Gasteiger partial charge in [0, 0.05) is 11.6 Å². The molecule has 0 spiro atoms. The second kappa shape index (κ2) is 7.18. The van der Waals surface area contributed by atoms with Gasteiger partial charge in [-0.2, -0.15) is 5.26 Å². The number of rotatable bonds is 3. The molecule has 138 valence electrons. The fraction of sp³-hybridized carbons (Fsp3) is 0.0476. The van der Waals surface area contributed by atoms with Crippen LogP contribution in [0.15, 0.2) is 71.4 Å². The van der Waals surface area contributed by atoms with Gasteiger partial charge in [-0.25, -0.2) is 9.18 Å². The first-order chi connectivity index (χ1) is 13.6. The number of fused-ring (bicyclic) bond motifs is 1. The summed E-state index contributed by atoms with van der Waals surface area (Å²) < 4.78 is 24.7. The molecule has 5 nitrogen and oxygen atoms in total. The summed E-state index contributed by atoms with van der Waals surface area (Å²) in [6.45, 7) is 0. The number of carbonyl (C=O) groups is 1. The lowest BCUT2D eigenvalue weighted by Crippen LogP contribution is -2.21. The van der Waals surface area contributed by atoms with Gasteiger partial charge in [-0.05, 0) is 35.2 Å². The van der Waals surface area contributed by atoms with Gasteiger partial charge in [0.15, 0.2) is 0 Å². The second-order valence-corrected chi connectivity index (χ2v) is 6.99. The normalized spacial score (nSPS) is 15.4. The van der Waals surface area contributed by atoms with Gasteiger partial charge >= 0.3 is 5.97 Å². The average Bonchev–Trinajstić information content (AvgIpc) is 3.21. The van der Waals surface area contributed by atoms with Gasteiger partial charge in [0.25, 0.3) is 0 Å². The van der Waals surface area contributed by atoms with E-state index in [2.05, 4.69) is 6.07 Å². The van der Waals surface area contributed by atoms with E-state index in [9.17, 15) is 14.4 Å². The quantitative estimate of drug-likeness (QED) is 0.530. The summed E-state index contributed by atoms with van der Waals surface area (Å²) in [6.07, 6.45) is 0. The number of allylic oxidation sites excluding steroid dienone is 1. The number of nitrogens with zero attached hydrogens (tertiary/aromatic N) is 1. The van der Waals surface area contributed by atoms with Gasteiger partial charge in [0.05, 0.1) is 5.92 Å². The molecule has 1 aliphatic rings. The zero-order chi connectivity index (χ0) is 19.7. The van der Waals surface area contributed by atoms with Crippen LogP contribution in [0.25, 0.3) is 0 Å². The van der Waals surface area contributed by atoms with E-state index < -0.39 is 17.7 Å². The Morgan fingerprint density at radius 1 is 1.21 bits per heavy atom. The van der Waals surface area contributed by atoms with Crippen LogP contribution in [0.3, 0.4) is 0 Å². The number of nitrogens with two attached hydrogens (primary N) is 1. The molecule has 7 heteroatoms. The van der Waals surface area contributed by atoms with Crippen molar-refractivity contribution in [1.82, 2.24) is 0 Å². The predicted molar refractivity (Wildman–Crippen MR) is 101 cm³/mol. The Labute approximate surface area is 164 Å². The largest absolute Gasteiger partial charge is 0.440 e. The van der Waals surface area contributed by atoms with Gasteiger partial charge in [-0.15, -0.1) is 11.3 Å². The van der Waals surface area contributed by atoms with Crippen molar-refractivity contribution in [2.45, 2.75) is 5.92 Å². The molecule has 4 rings (SSSR count). The van der Waals surface area contributed by atoms with Crippen LogP contribution in [-0.2, 0) is 0 Å². The fourth-order valence-electron chi connectivity index (χ4n) is 3.08. The van der Waals surface area contributed by atoms with Crippen LogP contribution in [0.2, 0.25) is 0 Å². The molecule has 2 heterocycles. The zero-order valence-corrected chi connectivity index (χ0v) is 15.2. The Hall–Kier alpha value is -3.63. The molecule has 1 aromatic heterocycles. The summed E-state index contributed by atoms with van der Waals surface area (Å²) in [5.41, 5.74) is 7.34. The molecule has 0 saturated heterocycles. The summed E-state index contributed by atoms with van der Waals surface area (Å²) in [5.74, 6) is -0.903. The van der Waals surface area contributed by atoms with E-state index in [1.807, 2.05) is 0 Å². The Balaban J connectivity index is 1.73. The number of ether oxygens (including phenoxy) is 2. The van der Waals surface area contributed by atoms with Gasteiger partial charge in [-0.1, -0.05) is 24.3 Å². The molecule has 0 amide bonds. The molecule has 0 fully saturated rings. The van der Waals surface area contributed by atoms with Crippen molar-refractivity contribution >= 4 is 17.3 Å². The predicted octanol–water partition coefficient (Wildman–Crippen LogP) is 4.32. The summed E-state index contributed by atoms with van der Waals surface area (Å²) in [5, 5.41) is 11.3. The number of halogens is 1. The smallest absolute Gasteiger partial charge is 0.353 e. The van der Waals surface area contributed by atoms with Crippen LogP contribution in [0.1, 0.15) is 26.7 Å². The first-order valence-corrected chi connectivity index (χ1v) is 9.17. The lowest BCUT2D eigenvalue weighted by molar-refractivity contribution is 0.0739. The molecule has 0 bridgehead atoms. The van der Waals surface area contributed by atoms with E-state index in [0.29, 0.717) is 21.8 Å². The fourth-order valence-corrected chi connectivity index (χ4v) is 3.68. The second-order valence-electron chi connectivity index (χ2n) is 6.05. The molecule has 0 aliphatic carbocycles. The Kier molecular flexibility index (Phi) is 4.55. The minimum atomic E-state index is -0.577. The standard InChI is InChI=1S/C21H13FN2O3S/c22-13-4-1-3-12(9-13)19-15-7-6-14(26-21(25)18-5-2-8-28-18)10-17(15)27-20(24)16(19)11-23/h1-10,19H,24H2. The van der Waals surface area contributed by atoms with Crippen molar-refractivity contribution in [2.24, 2.45) is 5.73 Å². The maximum atomic E-state index is 13.8. The van der Waals surface area contributed by atoms with Crippen LogP contribution in [0, 0.1) is 17.1 Å². The summed E-state index contributed by atoms with van der Waals surface area (Å²) in [4.78, 5) is 12.6. The number of carbonyl (C=O) groups excluding carboxylic acids is 1. The maximum Gasteiger partial charge on any atom is 0.353 e. The van der Waals surface area contributed by atoms with Crippen LogP contribution < -0.4 is 15.2 Å². The number of hydrogen-bond donors (Lipinski definition) is 1. The number of hydrogen-bond acceptors (Lipinski definition) is 6. The third kappa shape index (κ3) is 3.21. The maximum absolute atomic E-state index is 13.8. The molecule has 0 radical (unpaired) electrons. The molecular weight excluding hydrogens is 379 g/mol. The number of nitriles is 1. The molecule has 3 aromatic rings. The van der Waals surface area contributed by atoms with Crippen LogP contribution in [0.5, 0.6) is 11.5 Å². The van der Waals surface area contributed by atoms with Crippen LogP contribution >= 0.6 is 11.3 Å². The van der Waals surface area contributed by atoms with E-state index in [1.54, 1.807) is 41.8 Å². The number of thiophene rings is 1. The topological polar surface area (TPSA) is 85.3 Å². The van der Waals surface area contributed by atoms with E-state index in [0.717, 1.165) is 0 Å². The van der Waals surface area contributed by atoms with E-state index in [1.165, 1.54) is 29.5 Å². The van der Waals surface area contributed by atoms with Gasteiger partial charge < -0.3 is 15.2 Å². The molecule has 1 unspecified atom stereocenters. The summed E-state index contributed by atoms with van der Waals surface area (Å²) >= 11 is 1.28. The third-order valence-corrected chi connectivity index (χ3v) is 5.16. The Morgan fingerprint density at radius 2 is 2.07 bits per heavy atom. The zero-order valence-electron chi connectivity index (χ0n) is 14.4. The minimum absolute atomic E-state index is 0.0639. The van der Waals surface area contributed by atoms with E-state index in [4.69, 9.17) is 15.2 Å². The summed E-state index contributed by atoms with van der Waals surface area (Å²) in [7, 11) is 0.